The van der Waals surface area contributed by atoms with Crippen LogP contribution in [0.3, 0.4) is 0 Å². The Balaban J connectivity index is 2.60. The van der Waals surface area contributed by atoms with Crippen molar-refractivity contribution in [3.8, 4) is 5.75 Å². The van der Waals surface area contributed by atoms with Gasteiger partial charge in [0, 0.05) is 6.42 Å². The van der Waals surface area contributed by atoms with E-state index in [1.807, 2.05) is 18.2 Å². The van der Waals surface area contributed by atoms with E-state index in [0.29, 0.717) is 6.42 Å². The first-order valence-electron chi connectivity index (χ1n) is 4.02. The average molecular weight is 162 g/mol. The number of rotatable bonds is 1. The molecule has 0 N–H and O–H groups in total. The standard InChI is InChI=1S/C10H10O2/c1-12-9-4-2-3-7-5-6-8(11)10(7)9/h2-4H,5-6H2,1H3. The topological polar surface area (TPSA) is 26.3 Å². The minimum atomic E-state index is 0.211. The number of Topliss-reactive ketones (excluding diaryl/α,β-unsaturated/α-hetero) is 1. The second kappa shape index (κ2) is 2.63. The molecule has 0 amide bonds. The molecular formula is C10H10O2. The van der Waals surface area contributed by atoms with Crippen molar-refractivity contribution in [3.63, 3.8) is 0 Å². The van der Waals surface area contributed by atoms with E-state index in [4.69, 9.17) is 4.74 Å². The number of aryl methyl sites for hydroxylation is 1. The van der Waals surface area contributed by atoms with Gasteiger partial charge >= 0.3 is 0 Å². The lowest BCUT2D eigenvalue weighted by molar-refractivity contribution is 0.0992. The third-order valence-electron chi connectivity index (χ3n) is 2.23. The van der Waals surface area contributed by atoms with Crippen LogP contribution in [0.2, 0.25) is 0 Å². The fourth-order valence-electron chi connectivity index (χ4n) is 1.64. The summed E-state index contributed by atoms with van der Waals surface area (Å²) in [6.07, 6.45) is 1.50. The Bertz CT molecular complexity index is 329. The Morgan fingerprint density at radius 2 is 2.17 bits per heavy atom. The number of methoxy groups -OCH3 is 1. The molecule has 0 saturated carbocycles. The second-order valence-electron chi connectivity index (χ2n) is 2.92. The van der Waals surface area contributed by atoms with Crippen LogP contribution < -0.4 is 4.74 Å². The van der Waals surface area contributed by atoms with E-state index in [1.54, 1.807) is 7.11 Å². The molecule has 0 saturated heterocycles. The van der Waals surface area contributed by atoms with Crippen molar-refractivity contribution in [3.05, 3.63) is 29.3 Å². The lowest BCUT2D eigenvalue weighted by atomic mass is 10.1. The highest BCUT2D eigenvalue weighted by Gasteiger charge is 2.22. The van der Waals surface area contributed by atoms with Gasteiger partial charge in [0.1, 0.15) is 5.75 Å². The van der Waals surface area contributed by atoms with Gasteiger partial charge in [-0.15, -0.1) is 0 Å². The number of ketones is 1. The largest absolute Gasteiger partial charge is 0.496 e. The van der Waals surface area contributed by atoms with E-state index in [9.17, 15) is 4.79 Å². The number of carbonyl (C=O) groups is 1. The van der Waals surface area contributed by atoms with Crippen molar-refractivity contribution >= 4 is 5.78 Å². The molecule has 1 aromatic rings. The molecule has 0 aromatic heterocycles. The van der Waals surface area contributed by atoms with Gasteiger partial charge in [-0.3, -0.25) is 4.79 Å². The Morgan fingerprint density at radius 1 is 1.33 bits per heavy atom. The van der Waals surface area contributed by atoms with Crippen molar-refractivity contribution in [1.82, 2.24) is 0 Å². The van der Waals surface area contributed by atoms with Crippen LogP contribution in [-0.2, 0) is 6.42 Å². The third-order valence-corrected chi connectivity index (χ3v) is 2.23. The van der Waals surface area contributed by atoms with Gasteiger partial charge in [-0.1, -0.05) is 12.1 Å². The lowest BCUT2D eigenvalue weighted by Gasteiger charge is -2.04. The van der Waals surface area contributed by atoms with Gasteiger partial charge in [0.15, 0.2) is 5.78 Å². The predicted molar refractivity (Wildman–Crippen MR) is 45.6 cm³/mol. The number of hydrogen-bond donors (Lipinski definition) is 0. The zero-order chi connectivity index (χ0) is 8.55. The molecule has 2 heteroatoms. The molecule has 12 heavy (non-hydrogen) atoms. The van der Waals surface area contributed by atoms with Gasteiger partial charge in [-0.05, 0) is 18.1 Å². The van der Waals surface area contributed by atoms with Crippen molar-refractivity contribution in [1.29, 1.82) is 0 Å². The van der Waals surface area contributed by atoms with Crippen LogP contribution in [0.4, 0.5) is 0 Å². The summed E-state index contributed by atoms with van der Waals surface area (Å²) in [5.74, 6) is 0.928. The monoisotopic (exact) mass is 162 g/mol. The van der Waals surface area contributed by atoms with Gasteiger partial charge in [0.05, 0.1) is 12.7 Å². The highest BCUT2D eigenvalue weighted by molar-refractivity contribution is 6.02. The molecule has 0 unspecified atom stereocenters. The van der Waals surface area contributed by atoms with E-state index >= 15 is 0 Å². The maximum absolute atomic E-state index is 11.4. The number of benzene rings is 1. The maximum atomic E-state index is 11.4. The van der Waals surface area contributed by atoms with Gasteiger partial charge in [0.2, 0.25) is 0 Å². The lowest BCUT2D eigenvalue weighted by Crippen LogP contribution is -1.96. The maximum Gasteiger partial charge on any atom is 0.167 e. The van der Waals surface area contributed by atoms with Crippen LogP contribution >= 0.6 is 0 Å². The normalized spacial score (nSPS) is 14.6. The minimum absolute atomic E-state index is 0.211. The molecule has 2 nitrogen and oxygen atoms in total. The summed E-state index contributed by atoms with van der Waals surface area (Å²) in [6.45, 7) is 0. The van der Waals surface area contributed by atoms with Gasteiger partial charge < -0.3 is 4.74 Å². The molecule has 62 valence electrons. The number of ether oxygens (including phenoxy) is 1. The summed E-state index contributed by atoms with van der Waals surface area (Å²) in [7, 11) is 1.60. The molecule has 0 aliphatic heterocycles. The molecule has 0 bridgehead atoms. The third kappa shape index (κ3) is 0.916. The summed E-state index contributed by atoms with van der Waals surface area (Å²) in [6, 6.07) is 5.75. The fourth-order valence-corrected chi connectivity index (χ4v) is 1.64. The highest BCUT2D eigenvalue weighted by atomic mass is 16.5. The molecule has 0 spiro atoms. The van der Waals surface area contributed by atoms with Crippen molar-refractivity contribution in [2.75, 3.05) is 7.11 Å². The average Bonchev–Trinajstić information content (AvgIpc) is 2.48. The van der Waals surface area contributed by atoms with E-state index in [1.165, 1.54) is 0 Å². The first-order chi connectivity index (χ1) is 5.83. The molecule has 0 heterocycles. The predicted octanol–water partition coefficient (Wildman–Crippen LogP) is 1.82. The highest BCUT2D eigenvalue weighted by Crippen LogP contribution is 2.29. The summed E-state index contributed by atoms with van der Waals surface area (Å²) < 4.78 is 5.11. The molecule has 0 radical (unpaired) electrons. The summed E-state index contributed by atoms with van der Waals surface area (Å²) >= 11 is 0. The molecule has 1 aliphatic carbocycles. The summed E-state index contributed by atoms with van der Waals surface area (Å²) in [5.41, 5.74) is 1.92. The summed E-state index contributed by atoms with van der Waals surface area (Å²) in [4.78, 5) is 11.4. The quantitative estimate of drug-likeness (QED) is 0.629. The number of hydrogen-bond acceptors (Lipinski definition) is 2. The molecular weight excluding hydrogens is 152 g/mol. The SMILES string of the molecule is COc1cccc2c1C(=O)CC2. The van der Waals surface area contributed by atoms with Crippen LogP contribution in [-0.4, -0.2) is 12.9 Å². The minimum Gasteiger partial charge on any atom is -0.496 e. The molecule has 1 aromatic carbocycles. The van der Waals surface area contributed by atoms with Crippen molar-refractivity contribution in [2.24, 2.45) is 0 Å². The number of fused-ring (bicyclic) bond motifs is 1. The van der Waals surface area contributed by atoms with Crippen LogP contribution in [0.15, 0.2) is 18.2 Å². The zero-order valence-electron chi connectivity index (χ0n) is 6.96. The molecule has 0 fully saturated rings. The van der Waals surface area contributed by atoms with Crippen LogP contribution in [0.5, 0.6) is 5.75 Å². The Labute approximate surface area is 71.2 Å². The molecule has 0 atom stereocenters. The van der Waals surface area contributed by atoms with Crippen molar-refractivity contribution < 1.29 is 9.53 Å². The Morgan fingerprint density at radius 3 is 2.92 bits per heavy atom. The first-order valence-corrected chi connectivity index (χ1v) is 4.02. The second-order valence-corrected chi connectivity index (χ2v) is 2.92. The molecule has 2 rings (SSSR count). The Hall–Kier alpha value is -1.31. The van der Waals surface area contributed by atoms with Gasteiger partial charge in [-0.2, -0.15) is 0 Å². The van der Waals surface area contributed by atoms with Gasteiger partial charge in [0.25, 0.3) is 0 Å². The van der Waals surface area contributed by atoms with Gasteiger partial charge in [-0.25, -0.2) is 0 Å². The molecule has 1 aliphatic rings. The number of carbonyl (C=O) groups excluding carboxylic acids is 1. The van der Waals surface area contributed by atoms with Crippen molar-refractivity contribution in [2.45, 2.75) is 12.8 Å². The van der Waals surface area contributed by atoms with E-state index in [0.717, 1.165) is 23.3 Å². The Kier molecular flexibility index (Phi) is 1.61. The van der Waals surface area contributed by atoms with E-state index < -0.39 is 0 Å². The summed E-state index contributed by atoms with van der Waals surface area (Å²) in [5, 5.41) is 0. The fraction of sp³-hybridized carbons (Fsp3) is 0.300. The van der Waals surface area contributed by atoms with E-state index in [-0.39, 0.29) is 5.78 Å². The smallest absolute Gasteiger partial charge is 0.167 e. The van der Waals surface area contributed by atoms with Crippen LogP contribution in [0, 0.1) is 0 Å². The first kappa shape index (κ1) is 7.35. The van der Waals surface area contributed by atoms with Crippen LogP contribution in [0.1, 0.15) is 22.3 Å². The zero-order valence-corrected chi connectivity index (χ0v) is 6.96. The van der Waals surface area contributed by atoms with Crippen LogP contribution in [0.25, 0.3) is 0 Å². The van der Waals surface area contributed by atoms with E-state index in [2.05, 4.69) is 0 Å².